The first kappa shape index (κ1) is 11.4. The fourth-order valence-electron chi connectivity index (χ4n) is 3.14. The maximum absolute atomic E-state index is 11.7. The normalized spacial score (nSPS) is 25.1. The van der Waals surface area contributed by atoms with Gasteiger partial charge in [0.2, 0.25) is 5.91 Å². The average molecular weight is 247 g/mol. The third-order valence-corrected chi connectivity index (χ3v) is 4.09. The molecule has 4 nitrogen and oxygen atoms in total. The first-order valence-electron chi connectivity index (χ1n) is 6.27. The molecule has 2 aliphatic rings. The van der Waals surface area contributed by atoms with Crippen LogP contribution in [0.4, 0.5) is 0 Å². The number of carbonyl (C=O) groups is 1. The monoisotopic (exact) mass is 247 g/mol. The van der Waals surface area contributed by atoms with Crippen LogP contribution in [0.3, 0.4) is 0 Å². The van der Waals surface area contributed by atoms with E-state index in [1.165, 1.54) is 11.1 Å². The Morgan fingerprint density at radius 2 is 1.89 bits per heavy atom. The largest absolute Gasteiger partial charge is 0.493 e. The molecule has 4 heteroatoms. The first-order valence-corrected chi connectivity index (χ1v) is 6.27. The molecular weight excluding hydrogens is 230 g/mol. The van der Waals surface area contributed by atoms with E-state index in [9.17, 15) is 4.79 Å². The van der Waals surface area contributed by atoms with Gasteiger partial charge in [-0.05, 0) is 36.1 Å². The quantitative estimate of drug-likeness (QED) is 0.861. The van der Waals surface area contributed by atoms with Crippen molar-refractivity contribution in [2.45, 2.75) is 18.8 Å². The van der Waals surface area contributed by atoms with Crippen LogP contribution >= 0.6 is 0 Å². The zero-order valence-electron chi connectivity index (χ0n) is 10.7. The standard InChI is InChI=1S/C14H17NO3/c1-17-12-5-8-3-4-9-11(7-15-14(9)16)10(8)6-13(12)18-2/h5-6,9,11H,3-4,7H2,1-2H3,(H,15,16)/t9-,11+/m0/s1. The molecule has 0 saturated carbocycles. The van der Waals surface area contributed by atoms with Crippen LogP contribution < -0.4 is 14.8 Å². The van der Waals surface area contributed by atoms with Gasteiger partial charge in [-0.15, -0.1) is 0 Å². The number of nitrogens with one attached hydrogen (secondary N) is 1. The number of hydrogen-bond acceptors (Lipinski definition) is 3. The van der Waals surface area contributed by atoms with Crippen LogP contribution in [0.25, 0.3) is 0 Å². The second-order valence-electron chi connectivity index (χ2n) is 4.90. The maximum atomic E-state index is 11.7. The highest BCUT2D eigenvalue weighted by atomic mass is 16.5. The molecule has 0 unspecified atom stereocenters. The van der Waals surface area contributed by atoms with Crippen molar-refractivity contribution in [3.63, 3.8) is 0 Å². The summed E-state index contributed by atoms with van der Waals surface area (Å²) in [7, 11) is 3.29. The molecule has 1 aromatic rings. The summed E-state index contributed by atoms with van der Waals surface area (Å²) in [6, 6.07) is 4.08. The highest BCUT2D eigenvalue weighted by Gasteiger charge is 2.39. The minimum Gasteiger partial charge on any atom is -0.493 e. The zero-order valence-corrected chi connectivity index (χ0v) is 10.7. The Morgan fingerprint density at radius 3 is 2.61 bits per heavy atom. The fraction of sp³-hybridized carbons (Fsp3) is 0.500. The van der Waals surface area contributed by atoms with Gasteiger partial charge in [-0.3, -0.25) is 4.79 Å². The van der Waals surface area contributed by atoms with Gasteiger partial charge in [-0.25, -0.2) is 0 Å². The Balaban J connectivity index is 2.06. The average Bonchev–Trinajstić information content (AvgIpc) is 2.79. The zero-order chi connectivity index (χ0) is 12.7. The van der Waals surface area contributed by atoms with Crippen molar-refractivity contribution in [1.82, 2.24) is 5.32 Å². The molecule has 0 aromatic heterocycles. The number of aryl methyl sites for hydroxylation is 1. The van der Waals surface area contributed by atoms with Gasteiger partial charge in [0.25, 0.3) is 0 Å². The molecule has 1 aromatic carbocycles. The van der Waals surface area contributed by atoms with Crippen molar-refractivity contribution < 1.29 is 14.3 Å². The number of benzene rings is 1. The lowest BCUT2D eigenvalue weighted by molar-refractivity contribution is -0.122. The molecule has 1 N–H and O–H groups in total. The predicted molar refractivity (Wildman–Crippen MR) is 67.1 cm³/mol. The molecule has 1 fully saturated rings. The van der Waals surface area contributed by atoms with Crippen LogP contribution in [0.15, 0.2) is 12.1 Å². The number of amides is 1. The Bertz CT molecular complexity index is 498. The molecule has 1 aliphatic heterocycles. The van der Waals surface area contributed by atoms with E-state index in [0.717, 1.165) is 30.9 Å². The van der Waals surface area contributed by atoms with Crippen LogP contribution in [0.2, 0.25) is 0 Å². The van der Waals surface area contributed by atoms with Crippen molar-refractivity contribution in [2.24, 2.45) is 5.92 Å². The van der Waals surface area contributed by atoms with E-state index in [1.54, 1.807) is 14.2 Å². The molecule has 1 amide bonds. The van der Waals surface area contributed by atoms with Crippen LogP contribution in [-0.2, 0) is 11.2 Å². The van der Waals surface area contributed by atoms with Gasteiger partial charge in [-0.2, -0.15) is 0 Å². The highest BCUT2D eigenvalue weighted by molar-refractivity contribution is 5.83. The summed E-state index contributed by atoms with van der Waals surface area (Å²) in [5.74, 6) is 2.14. The van der Waals surface area contributed by atoms with Crippen molar-refractivity contribution in [3.8, 4) is 11.5 Å². The number of fused-ring (bicyclic) bond motifs is 3. The summed E-state index contributed by atoms with van der Waals surface area (Å²) in [5, 5.41) is 2.96. The third-order valence-electron chi connectivity index (χ3n) is 4.09. The molecule has 2 atom stereocenters. The van der Waals surface area contributed by atoms with E-state index in [2.05, 4.69) is 5.32 Å². The van der Waals surface area contributed by atoms with Crippen LogP contribution in [-0.4, -0.2) is 26.7 Å². The highest BCUT2D eigenvalue weighted by Crippen LogP contribution is 2.43. The summed E-state index contributed by atoms with van der Waals surface area (Å²) in [5.41, 5.74) is 2.52. The van der Waals surface area contributed by atoms with Crippen molar-refractivity contribution in [2.75, 3.05) is 20.8 Å². The Labute approximate surface area is 106 Å². The minimum absolute atomic E-state index is 0.135. The van der Waals surface area contributed by atoms with E-state index in [-0.39, 0.29) is 11.8 Å². The molecule has 1 saturated heterocycles. The van der Waals surface area contributed by atoms with Crippen LogP contribution in [0.1, 0.15) is 23.5 Å². The van der Waals surface area contributed by atoms with E-state index in [4.69, 9.17) is 9.47 Å². The summed E-state index contributed by atoms with van der Waals surface area (Å²) in [6.45, 7) is 0.742. The number of methoxy groups -OCH3 is 2. The van der Waals surface area contributed by atoms with E-state index < -0.39 is 0 Å². The predicted octanol–water partition coefficient (Wildman–Crippen LogP) is 1.48. The van der Waals surface area contributed by atoms with Crippen molar-refractivity contribution >= 4 is 5.91 Å². The molecule has 3 rings (SSSR count). The van der Waals surface area contributed by atoms with Gasteiger partial charge in [0.05, 0.1) is 14.2 Å². The van der Waals surface area contributed by atoms with Gasteiger partial charge in [0.15, 0.2) is 11.5 Å². The van der Waals surface area contributed by atoms with Crippen LogP contribution in [0.5, 0.6) is 11.5 Å². The number of ether oxygens (including phenoxy) is 2. The molecule has 0 spiro atoms. The minimum atomic E-state index is 0.135. The lowest BCUT2D eigenvalue weighted by Gasteiger charge is -2.27. The molecule has 96 valence electrons. The van der Waals surface area contributed by atoms with Crippen molar-refractivity contribution in [3.05, 3.63) is 23.3 Å². The van der Waals surface area contributed by atoms with Gasteiger partial charge >= 0.3 is 0 Å². The third kappa shape index (κ3) is 1.55. The smallest absolute Gasteiger partial charge is 0.223 e. The maximum Gasteiger partial charge on any atom is 0.223 e. The second kappa shape index (κ2) is 4.19. The summed E-state index contributed by atoms with van der Waals surface area (Å²) in [6.07, 6.45) is 1.86. The number of rotatable bonds is 2. The van der Waals surface area contributed by atoms with Crippen molar-refractivity contribution in [1.29, 1.82) is 0 Å². The molecule has 1 heterocycles. The molecule has 0 radical (unpaired) electrons. The Morgan fingerprint density at radius 1 is 1.17 bits per heavy atom. The summed E-state index contributed by atoms with van der Waals surface area (Å²) >= 11 is 0. The van der Waals surface area contributed by atoms with Gasteiger partial charge in [0.1, 0.15) is 0 Å². The van der Waals surface area contributed by atoms with E-state index >= 15 is 0 Å². The Kier molecular flexibility index (Phi) is 2.65. The lowest BCUT2D eigenvalue weighted by atomic mass is 9.76. The topological polar surface area (TPSA) is 47.6 Å². The SMILES string of the molecule is COc1cc2c(cc1OC)[C@@H]1CNC(=O)[C@H]1CC2. The number of carbonyl (C=O) groups excluding carboxylic acids is 1. The van der Waals surface area contributed by atoms with E-state index in [1.807, 2.05) is 12.1 Å². The fourth-order valence-corrected chi connectivity index (χ4v) is 3.14. The molecule has 1 aliphatic carbocycles. The molecular formula is C14H17NO3. The van der Waals surface area contributed by atoms with Gasteiger partial charge in [-0.1, -0.05) is 0 Å². The van der Waals surface area contributed by atoms with Gasteiger partial charge < -0.3 is 14.8 Å². The second-order valence-corrected chi connectivity index (χ2v) is 4.90. The van der Waals surface area contributed by atoms with Crippen LogP contribution in [0, 0.1) is 5.92 Å². The Hall–Kier alpha value is -1.71. The first-order chi connectivity index (χ1) is 8.74. The molecule has 0 bridgehead atoms. The number of hydrogen-bond donors (Lipinski definition) is 1. The summed E-state index contributed by atoms with van der Waals surface area (Å²) < 4.78 is 10.7. The lowest BCUT2D eigenvalue weighted by Crippen LogP contribution is -2.23. The molecule has 18 heavy (non-hydrogen) atoms. The van der Waals surface area contributed by atoms with E-state index in [0.29, 0.717) is 5.92 Å². The van der Waals surface area contributed by atoms with Gasteiger partial charge in [0, 0.05) is 18.4 Å². The summed E-state index contributed by atoms with van der Waals surface area (Å²) in [4.78, 5) is 11.7.